The first-order valence-electron chi connectivity index (χ1n) is 10.1. The number of hydrogen-bond donors (Lipinski definition) is 1. The Bertz CT molecular complexity index is 1070. The fourth-order valence-corrected chi connectivity index (χ4v) is 3.57. The monoisotopic (exact) mass is 386 g/mol. The van der Waals surface area contributed by atoms with Gasteiger partial charge in [-0.2, -0.15) is 5.10 Å². The Balaban J connectivity index is 1.72. The number of benzene rings is 2. The van der Waals surface area contributed by atoms with E-state index < -0.39 is 0 Å². The lowest BCUT2D eigenvalue weighted by Crippen LogP contribution is -2.42. The molecule has 0 saturated carbocycles. The number of fused-ring (bicyclic) bond motifs is 1. The van der Waals surface area contributed by atoms with Crippen LogP contribution in [0.4, 0.5) is 0 Å². The average Bonchev–Trinajstić information content (AvgIpc) is 3.18. The predicted molar refractivity (Wildman–Crippen MR) is 117 cm³/mol. The summed E-state index contributed by atoms with van der Waals surface area (Å²) in [6.07, 6.45) is 3.54. The van der Waals surface area contributed by atoms with Crippen LogP contribution in [0.25, 0.3) is 28.0 Å². The molecule has 0 spiro atoms. The van der Waals surface area contributed by atoms with Crippen molar-refractivity contribution < 1.29 is 4.74 Å². The molecule has 29 heavy (non-hydrogen) atoms. The molecule has 4 rings (SSSR count). The van der Waals surface area contributed by atoms with Crippen molar-refractivity contribution in [3.05, 3.63) is 72.9 Å². The molecular formula is C24H26N4O. The van der Waals surface area contributed by atoms with E-state index in [2.05, 4.69) is 37.0 Å². The summed E-state index contributed by atoms with van der Waals surface area (Å²) < 4.78 is 8.12. The van der Waals surface area contributed by atoms with E-state index in [0.717, 1.165) is 46.6 Å². The van der Waals surface area contributed by atoms with Gasteiger partial charge >= 0.3 is 0 Å². The lowest BCUT2D eigenvalue weighted by molar-refractivity contribution is 0.0692. The molecule has 148 valence electrons. The largest absolute Gasteiger partial charge is 0.486 e. The third kappa shape index (κ3) is 3.61. The molecule has 0 radical (unpaired) electrons. The number of aromatic nitrogens is 3. The second kappa shape index (κ2) is 8.05. The zero-order valence-electron chi connectivity index (χ0n) is 16.9. The highest BCUT2D eigenvalue weighted by Crippen LogP contribution is 2.30. The molecule has 0 aliphatic carbocycles. The van der Waals surface area contributed by atoms with Crippen LogP contribution in [0.1, 0.15) is 26.7 Å². The zero-order chi connectivity index (χ0) is 20.3. The molecule has 0 saturated heterocycles. The van der Waals surface area contributed by atoms with Gasteiger partial charge in [-0.05, 0) is 49.2 Å². The number of hydrogen-bond acceptors (Lipinski definition) is 4. The van der Waals surface area contributed by atoms with Crippen LogP contribution >= 0.6 is 0 Å². The van der Waals surface area contributed by atoms with E-state index in [4.69, 9.17) is 15.6 Å². The van der Waals surface area contributed by atoms with Gasteiger partial charge in [0.05, 0.1) is 5.69 Å². The van der Waals surface area contributed by atoms with Gasteiger partial charge in [0.2, 0.25) is 0 Å². The van der Waals surface area contributed by atoms with Crippen LogP contribution in [0.5, 0.6) is 5.75 Å². The minimum atomic E-state index is -0.318. The molecule has 0 atom stereocenters. The maximum atomic E-state index is 6.23. The Kier molecular flexibility index (Phi) is 5.32. The molecule has 0 aliphatic heterocycles. The molecule has 5 heteroatoms. The van der Waals surface area contributed by atoms with Crippen molar-refractivity contribution in [2.45, 2.75) is 32.3 Å². The lowest BCUT2D eigenvalue weighted by atomic mass is 9.97. The van der Waals surface area contributed by atoms with Crippen LogP contribution in [0.3, 0.4) is 0 Å². The third-order valence-corrected chi connectivity index (χ3v) is 5.57. The Morgan fingerprint density at radius 2 is 1.66 bits per heavy atom. The van der Waals surface area contributed by atoms with Gasteiger partial charge in [0.25, 0.3) is 0 Å². The fourth-order valence-electron chi connectivity index (χ4n) is 3.57. The van der Waals surface area contributed by atoms with Crippen LogP contribution in [0, 0.1) is 0 Å². The van der Waals surface area contributed by atoms with Gasteiger partial charge in [-0.3, -0.25) is 0 Å². The van der Waals surface area contributed by atoms with Gasteiger partial charge in [0, 0.05) is 23.7 Å². The highest BCUT2D eigenvalue weighted by molar-refractivity contribution is 5.91. The van der Waals surface area contributed by atoms with Crippen LogP contribution in [0.2, 0.25) is 0 Å². The topological polar surface area (TPSA) is 66.0 Å². The van der Waals surface area contributed by atoms with Crippen LogP contribution in [0.15, 0.2) is 72.9 Å². The van der Waals surface area contributed by atoms with E-state index in [9.17, 15) is 0 Å². The summed E-state index contributed by atoms with van der Waals surface area (Å²) in [4.78, 5) is 4.58. The van der Waals surface area contributed by atoms with Gasteiger partial charge in [-0.15, -0.1) is 0 Å². The fraction of sp³-hybridized carbons (Fsp3) is 0.250. The summed E-state index contributed by atoms with van der Waals surface area (Å²) in [7, 11) is 0. The smallest absolute Gasteiger partial charge is 0.163 e. The SMILES string of the molecule is CCC(CC)(CN)Oc1ccc(-n2nc(-c3ccccc3)c3cccnc32)cc1. The lowest BCUT2D eigenvalue weighted by Gasteiger charge is -2.31. The number of nitrogens with two attached hydrogens (primary N) is 1. The summed E-state index contributed by atoms with van der Waals surface area (Å²) in [5.74, 6) is 0.815. The first kappa shape index (κ1) is 19.2. The number of pyridine rings is 1. The quantitative estimate of drug-likeness (QED) is 0.486. The molecule has 0 amide bonds. The van der Waals surface area contributed by atoms with Gasteiger partial charge in [0.15, 0.2) is 5.65 Å². The second-order valence-electron chi connectivity index (χ2n) is 7.19. The summed E-state index contributed by atoms with van der Waals surface area (Å²) in [6, 6.07) is 22.2. The summed E-state index contributed by atoms with van der Waals surface area (Å²) in [6.45, 7) is 4.71. The van der Waals surface area contributed by atoms with E-state index >= 15 is 0 Å². The highest BCUT2D eigenvalue weighted by Gasteiger charge is 2.26. The number of ether oxygens (including phenoxy) is 1. The van der Waals surface area contributed by atoms with E-state index in [1.165, 1.54) is 0 Å². The molecule has 4 aromatic rings. The predicted octanol–water partition coefficient (Wildman–Crippen LogP) is 4.98. The molecular weight excluding hydrogens is 360 g/mol. The minimum absolute atomic E-state index is 0.318. The minimum Gasteiger partial charge on any atom is -0.486 e. The van der Waals surface area contributed by atoms with Crippen molar-refractivity contribution in [1.29, 1.82) is 0 Å². The van der Waals surface area contributed by atoms with Gasteiger partial charge in [-0.1, -0.05) is 44.2 Å². The maximum absolute atomic E-state index is 6.23. The highest BCUT2D eigenvalue weighted by atomic mass is 16.5. The van der Waals surface area contributed by atoms with E-state index in [-0.39, 0.29) is 5.60 Å². The zero-order valence-corrected chi connectivity index (χ0v) is 16.9. The first-order valence-corrected chi connectivity index (χ1v) is 10.1. The summed E-state index contributed by atoms with van der Waals surface area (Å²) in [5.41, 5.74) is 9.42. The molecule has 2 heterocycles. The van der Waals surface area contributed by atoms with Crippen molar-refractivity contribution in [1.82, 2.24) is 14.8 Å². The van der Waals surface area contributed by atoms with Crippen molar-refractivity contribution >= 4 is 11.0 Å². The average molecular weight is 386 g/mol. The van der Waals surface area contributed by atoms with Gasteiger partial charge in [0.1, 0.15) is 17.0 Å². The van der Waals surface area contributed by atoms with E-state index in [0.29, 0.717) is 6.54 Å². The van der Waals surface area contributed by atoms with E-state index in [1.807, 2.05) is 53.2 Å². The molecule has 2 aromatic heterocycles. The van der Waals surface area contributed by atoms with Crippen LogP contribution in [-0.4, -0.2) is 26.9 Å². The molecule has 0 aliphatic rings. The Hall–Kier alpha value is -3.18. The van der Waals surface area contributed by atoms with Crippen LogP contribution < -0.4 is 10.5 Å². The molecule has 0 unspecified atom stereocenters. The van der Waals surface area contributed by atoms with Gasteiger partial charge < -0.3 is 10.5 Å². The molecule has 0 bridgehead atoms. The van der Waals surface area contributed by atoms with Crippen LogP contribution in [-0.2, 0) is 0 Å². The van der Waals surface area contributed by atoms with Crippen molar-refractivity contribution in [3.63, 3.8) is 0 Å². The normalized spacial score (nSPS) is 11.7. The van der Waals surface area contributed by atoms with Gasteiger partial charge in [-0.25, -0.2) is 9.67 Å². The third-order valence-electron chi connectivity index (χ3n) is 5.57. The number of rotatable bonds is 7. The first-order chi connectivity index (χ1) is 14.2. The van der Waals surface area contributed by atoms with E-state index in [1.54, 1.807) is 6.20 Å². The Labute approximate surface area is 171 Å². The molecule has 2 N–H and O–H groups in total. The van der Waals surface area contributed by atoms with Crippen molar-refractivity contribution in [3.8, 4) is 22.7 Å². The number of nitrogens with zero attached hydrogens (tertiary/aromatic N) is 3. The van der Waals surface area contributed by atoms with Crippen molar-refractivity contribution in [2.24, 2.45) is 5.73 Å². The molecule has 5 nitrogen and oxygen atoms in total. The second-order valence-corrected chi connectivity index (χ2v) is 7.19. The summed E-state index contributed by atoms with van der Waals surface area (Å²) in [5, 5.41) is 5.90. The van der Waals surface area contributed by atoms with Crippen molar-refractivity contribution in [2.75, 3.05) is 6.54 Å². The summed E-state index contributed by atoms with van der Waals surface area (Å²) >= 11 is 0. The molecule has 2 aromatic carbocycles. The Morgan fingerprint density at radius 3 is 2.31 bits per heavy atom. The molecule has 0 fully saturated rings. The standard InChI is InChI=1S/C24H26N4O/c1-3-24(4-2,17-25)29-20-14-12-19(13-15-20)28-23-21(11-8-16-26-23)22(27-28)18-9-6-5-7-10-18/h5-16H,3-4,17,25H2,1-2H3. The Morgan fingerprint density at radius 1 is 0.931 bits per heavy atom. The maximum Gasteiger partial charge on any atom is 0.163 e.